The van der Waals surface area contributed by atoms with Gasteiger partial charge in [0.15, 0.2) is 0 Å². The molecule has 0 amide bonds. The van der Waals surface area contributed by atoms with E-state index < -0.39 is 0 Å². The molecule has 104 valence electrons. The molecule has 0 radical (unpaired) electrons. The Balaban J connectivity index is 1.69. The third kappa shape index (κ3) is 4.83. The fourth-order valence-electron chi connectivity index (χ4n) is 2.63. The second kappa shape index (κ2) is 7.49. The smallest absolute Gasteiger partial charge is 0.0205 e. The minimum absolute atomic E-state index is 0.625. The lowest BCUT2D eigenvalue weighted by Gasteiger charge is -2.13. The summed E-state index contributed by atoms with van der Waals surface area (Å²) in [5.41, 5.74) is 4.48. The molecule has 0 fully saturated rings. The van der Waals surface area contributed by atoms with Crippen LogP contribution < -0.4 is 5.32 Å². The number of rotatable bonds is 6. The van der Waals surface area contributed by atoms with E-state index >= 15 is 0 Å². The Kier molecular flexibility index (Phi) is 5.65. The van der Waals surface area contributed by atoms with Crippen LogP contribution in [-0.2, 0) is 6.54 Å². The molecule has 2 rings (SSSR count). The van der Waals surface area contributed by atoms with Crippen molar-refractivity contribution in [3.8, 4) is 0 Å². The van der Waals surface area contributed by atoms with Gasteiger partial charge in [-0.3, -0.25) is 0 Å². The monoisotopic (exact) mass is 257 g/mol. The summed E-state index contributed by atoms with van der Waals surface area (Å²) >= 11 is 0. The van der Waals surface area contributed by atoms with Crippen LogP contribution in [0.2, 0.25) is 0 Å². The molecule has 0 aliphatic heterocycles. The van der Waals surface area contributed by atoms with Gasteiger partial charge in [-0.05, 0) is 55.7 Å². The van der Waals surface area contributed by atoms with Gasteiger partial charge >= 0.3 is 0 Å². The SMILES string of the molecule is CC(C)c1ccc(CNCCC2=CCCCC2)cc1. The summed E-state index contributed by atoms with van der Waals surface area (Å²) in [6.07, 6.45) is 9.07. The van der Waals surface area contributed by atoms with Crippen molar-refractivity contribution in [2.45, 2.75) is 58.4 Å². The summed E-state index contributed by atoms with van der Waals surface area (Å²) < 4.78 is 0. The van der Waals surface area contributed by atoms with E-state index in [4.69, 9.17) is 0 Å². The van der Waals surface area contributed by atoms with Crippen molar-refractivity contribution >= 4 is 0 Å². The average Bonchev–Trinajstić information content (AvgIpc) is 2.45. The quantitative estimate of drug-likeness (QED) is 0.570. The van der Waals surface area contributed by atoms with E-state index in [1.807, 2.05) is 0 Å². The Morgan fingerprint density at radius 3 is 2.53 bits per heavy atom. The summed E-state index contributed by atoms with van der Waals surface area (Å²) in [5, 5.41) is 3.56. The fraction of sp³-hybridized carbons (Fsp3) is 0.556. The predicted octanol–water partition coefficient (Wildman–Crippen LogP) is 4.79. The first-order valence-corrected chi connectivity index (χ1v) is 7.73. The molecule has 0 saturated carbocycles. The lowest BCUT2D eigenvalue weighted by molar-refractivity contribution is 0.632. The van der Waals surface area contributed by atoms with Crippen molar-refractivity contribution in [2.24, 2.45) is 0 Å². The standard InChI is InChI=1S/C18H27N/c1-15(2)18-10-8-17(9-11-18)14-19-13-12-16-6-4-3-5-7-16/h6,8-11,15,19H,3-5,7,12-14H2,1-2H3. The molecule has 0 aromatic heterocycles. The third-order valence-electron chi connectivity index (χ3n) is 3.98. The maximum Gasteiger partial charge on any atom is 0.0205 e. The number of hydrogen-bond acceptors (Lipinski definition) is 1. The Hall–Kier alpha value is -1.08. The van der Waals surface area contributed by atoms with Crippen LogP contribution >= 0.6 is 0 Å². The van der Waals surface area contributed by atoms with Gasteiger partial charge in [-0.25, -0.2) is 0 Å². The van der Waals surface area contributed by atoms with Crippen molar-refractivity contribution in [3.63, 3.8) is 0 Å². The molecular formula is C18H27N. The first kappa shape index (κ1) is 14.3. The molecular weight excluding hydrogens is 230 g/mol. The zero-order valence-electron chi connectivity index (χ0n) is 12.4. The summed E-state index contributed by atoms with van der Waals surface area (Å²) in [6.45, 7) is 6.58. The van der Waals surface area contributed by atoms with E-state index in [0.29, 0.717) is 5.92 Å². The van der Waals surface area contributed by atoms with Gasteiger partial charge < -0.3 is 5.32 Å². The molecule has 0 heterocycles. The van der Waals surface area contributed by atoms with Crippen LogP contribution in [-0.4, -0.2) is 6.54 Å². The summed E-state index contributed by atoms with van der Waals surface area (Å²) in [7, 11) is 0. The molecule has 19 heavy (non-hydrogen) atoms. The second-order valence-electron chi connectivity index (χ2n) is 5.93. The van der Waals surface area contributed by atoms with E-state index in [1.54, 1.807) is 5.57 Å². The maximum atomic E-state index is 3.56. The molecule has 1 nitrogen and oxygen atoms in total. The van der Waals surface area contributed by atoms with Gasteiger partial charge in [-0.15, -0.1) is 0 Å². The third-order valence-corrected chi connectivity index (χ3v) is 3.98. The van der Waals surface area contributed by atoms with Crippen molar-refractivity contribution in [1.29, 1.82) is 0 Å². The van der Waals surface area contributed by atoms with Crippen LogP contribution in [0.25, 0.3) is 0 Å². The highest BCUT2D eigenvalue weighted by molar-refractivity contribution is 5.24. The molecule has 1 aromatic rings. The van der Waals surface area contributed by atoms with Crippen LogP contribution in [0.15, 0.2) is 35.9 Å². The molecule has 1 aliphatic carbocycles. The molecule has 0 saturated heterocycles. The van der Waals surface area contributed by atoms with E-state index in [2.05, 4.69) is 49.5 Å². The highest BCUT2D eigenvalue weighted by Gasteiger charge is 2.03. The zero-order valence-corrected chi connectivity index (χ0v) is 12.4. The van der Waals surface area contributed by atoms with Gasteiger partial charge in [-0.2, -0.15) is 0 Å². The van der Waals surface area contributed by atoms with Gasteiger partial charge in [-0.1, -0.05) is 49.8 Å². The average molecular weight is 257 g/mol. The Labute approximate surface area is 118 Å². The molecule has 0 unspecified atom stereocenters. The molecule has 0 atom stereocenters. The van der Waals surface area contributed by atoms with Crippen molar-refractivity contribution in [2.75, 3.05) is 6.54 Å². The highest BCUT2D eigenvalue weighted by Crippen LogP contribution is 2.19. The van der Waals surface area contributed by atoms with Crippen LogP contribution in [0.1, 0.15) is 63.0 Å². The van der Waals surface area contributed by atoms with Crippen LogP contribution in [0.4, 0.5) is 0 Å². The maximum absolute atomic E-state index is 3.56. The summed E-state index contributed by atoms with van der Waals surface area (Å²) in [6, 6.07) is 9.01. The fourth-order valence-corrected chi connectivity index (χ4v) is 2.63. The molecule has 0 spiro atoms. The number of nitrogens with one attached hydrogen (secondary N) is 1. The highest BCUT2D eigenvalue weighted by atomic mass is 14.8. The zero-order chi connectivity index (χ0) is 13.5. The number of benzene rings is 1. The van der Waals surface area contributed by atoms with Gasteiger partial charge in [0, 0.05) is 6.54 Å². The van der Waals surface area contributed by atoms with Crippen molar-refractivity contribution in [3.05, 3.63) is 47.0 Å². The van der Waals surface area contributed by atoms with Crippen molar-refractivity contribution in [1.82, 2.24) is 5.32 Å². The second-order valence-corrected chi connectivity index (χ2v) is 5.93. The lowest BCUT2D eigenvalue weighted by Crippen LogP contribution is -2.15. The van der Waals surface area contributed by atoms with E-state index in [-0.39, 0.29) is 0 Å². The first-order chi connectivity index (χ1) is 9.25. The topological polar surface area (TPSA) is 12.0 Å². The van der Waals surface area contributed by atoms with Crippen LogP contribution in [0.5, 0.6) is 0 Å². The Bertz CT molecular complexity index is 400. The predicted molar refractivity (Wildman–Crippen MR) is 83.4 cm³/mol. The normalized spacial score (nSPS) is 15.6. The molecule has 1 heteroatoms. The van der Waals surface area contributed by atoms with E-state index in [0.717, 1.165) is 13.1 Å². The first-order valence-electron chi connectivity index (χ1n) is 7.73. The number of allylic oxidation sites excluding steroid dienone is 1. The van der Waals surface area contributed by atoms with E-state index in [9.17, 15) is 0 Å². The largest absolute Gasteiger partial charge is 0.312 e. The van der Waals surface area contributed by atoms with Gasteiger partial charge in [0.1, 0.15) is 0 Å². The molecule has 1 aromatic carbocycles. The summed E-state index contributed by atoms with van der Waals surface area (Å²) in [4.78, 5) is 0. The molecule has 1 aliphatic rings. The lowest BCUT2D eigenvalue weighted by atomic mass is 9.97. The minimum Gasteiger partial charge on any atom is -0.312 e. The Morgan fingerprint density at radius 2 is 1.89 bits per heavy atom. The van der Waals surface area contributed by atoms with Gasteiger partial charge in [0.2, 0.25) is 0 Å². The Morgan fingerprint density at radius 1 is 1.11 bits per heavy atom. The van der Waals surface area contributed by atoms with E-state index in [1.165, 1.54) is 43.2 Å². The summed E-state index contributed by atoms with van der Waals surface area (Å²) in [5.74, 6) is 0.625. The number of hydrogen-bond donors (Lipinski definition) is 1. The van der Waals surface area contributed by atoms with Crippen molar-refractivity contribution < 1.29 is 0 Å². The molecule has 1 N–H and O–H groups in total. The molecule has 0 bridgehead atoms. The van der Waals surface area contributed by atoms with Gasteiger partial charge in [0.05, 0.1) is 0 Å². The van der Waals surface area contributed by atoms with Crippen LogP contribution in [0.3, 0.4) is 0 Å². The minimum atomic E-state index is 0.625. The van der Waals surface area contributed by atoms with Gasteiger partial charge in [0.25, 0.3) is 0 Å². The van der Waals surface area contributed by atoms with Crippen LogP contribution in [0, 0.1) is 0 Å².